The summed E-state index contributed by atoms with van der Waals surface area (Å²) < 4.78 is 7.82. The molecule has 4 heteroatoms. The molecule has 0 amide bonds. The number of rotatable bonds is 4. The van der Waals surface area contributed by atoms with Crippen LogP contribution in [-0.4, -0.2) is 28.6 Å². The number of aryl methyl sites for hydroxylation is 2. The third-order valence-corrected chi connectivity index (χ3v) is 3.95. The molecule has 3 nitrogen and oxygen atoms in total. The molecule has 1 aromatic carbocycles. The van der Waals surface area contributed by atoms with E-state index in [1.807, 2.05) is 0 Å². The van der Waals surface area contributed by atoms with Crippen molar-refractivity contribution >= 4 is 22.6 Å². The van der Waals surface area contributed by atoms with Crippen molar-refractivity contribution in [2.75, 3.05) is 19.1 Å². The average molecular weight is 279 g/mol. The Morgan fingerprint density at radius 3 is 3.11 bits per heavy atom. The fraction of sp³-hybridized carbons (Fsp3) is 0.533. The van der Waals surface area contributed by atoms with Crippen LogP contribution < -0.4 is 0 Å². The number of nitrogens with zero attached hydrogens (tertiary/aromatic N) is 2. The van der Waals surface area contributed by atoms with Gasteiger partial charge >= 0.3 is 0 Å². The van der Waals surface area contributed by atoms with Gasteiger partial charge in [0.1, 0.15) is 5.82 Å². The van der Waals surface area contributed by atoms with Gasteiger partial charge in [0.05, 0.1) is 17.6 Å². The van der Waals surface area contributed by atoms with Crippen molar-refractivity contribution in [2.45, 2.75) is 26.3 Å². The fourth-order valence-electron chi connectivity index (χ4n) is 2.75. The molecular formula is C15H19ClN2O. The minimum absolute atomic E-state index is 0.604. The SMILES string of the molecule is Cc1ccc2nc(CCCl)n(CC3CCOC3)c2c1. The van der Waals surface area contributed by atoms with Crippen LogP contribution in [0.15, 0.2) is 18.2 Å². The van der Waals surface area contributed by atoms with Crippen LogP contribution in [0.1, 0.15) is 17.8 Å². The zero-order valence-electron chi connectivity index (χ0n) is 11.2. The van der Waals surface area contributed by atoms with E-state index in [2.05, 4.69) is 29.7 Å². The Morgan fingerprint density at radius 1 is 1.47 bits per heavy atom. The summed E-state index contributed by atoms with van der Waals surface area (Å²) in [4.78, 5) is 4.72. The fourth-order valence-corrected chi connectivity index (χ4v) is 2.92. The van der Waals surface area contributed by atoms with Gasteiger partial charge in [0.2, 0.25) is 0 Å². The van der Waals surface area contributed by atoms with E-state index in [-0.39, 0.29) is 0 Å². The second kappa shape index (κ2) is 5.51. The van der Waals surface area contributed by atoms with Gasteiger partial charge in [0.25, 0.3) is 0 Å². The van der Waals surface area contributed by atoms with Gasteiger partial charge in [-0.3, -0.25) is 0 Å². The highest BCUT2D eigenvalue weighted by Gasteiger charge is 2.19. The van der Waals surface area contributed by atoms with E-state index < -0.39 is 0 Å². The molecule has 1 fully saturated rings. The van der Waals surface area contributed by atoms with Crippen molar-refractivity contribution in [2.24, 2.45) is 5.92 Å². The molecule has 1 saturated heterocycles. The highest BCUT2D eigenvalue weighted by atomic mass is 35.5. The highest BCUT2D eigenvalue weighted by molar-refractivity contribution is 6.17. The van der Waals surface area contributed by atoms with Gasteiger partial charge in [0, 0.05) is 31.4 Å². The van der Waals surface area contributed by atoms with Gasteiger partial charge < -0.3 is 9.30 Å². The Hall–Kier alpha value is -1.06. The van der Waals surface area contributed by atoms with Crippen molar-refractivity contribution < 1.29 is 4.74 Å². The molecule has 2 heterocycles. The zero-order chi connectivity index (χ0) is 13.2. The molecule has 1 aliphatic heterocycles. The summed E-state index contributed by atoms with van der Waals surface area (Å²) in [6.07, 6.45) is 1.97. The summed E-state index contributed by atoms with van der Waals surface area (Å²) in [5.74, 6) is 2.32. The van der Waals surface area contributed by atoms with Crippen molar-refractivity contribution in [3.05, 3.63) is 29.6 Å². The maximum atomic E-state index is 5.91. The summed E-state index contributed by atoms with van der Waals surface area (Å²) in [5.41, 5.74) is 3.57. The van der Waals surface area contributed by atoms with E-state index >= 15 is 0 Å². The lowest BCUT2D eigenvalue weighted by molar-refractivity contribution is 0.182. The lowest BCUT2D eigenvalue weighted by Crippen LogP contribution is -2.13. The monoisotopic (exact) mass is 278 g/mol. The van der Waals surface area contributed by atoms with Gasteiger partial charge in [-0.2, -0.15) is 0 Å². The van der Waals surface area contributed by atoms with Crippen molar-refractivity contribution in [3.8, 4) is 0 Å². The molecule has 1 aromatic heterocycles. The van der Waals surface area contributed by atoms with Crippen LogP contribution in [0.2, 0.25) is 0 Å². The number of imidazole rings is 1. The molecule has 0 aliphatic carbocycles. The van der Waals surface area contributed by atoms with Gasteiger partial charge in [-0.25, -0.2) is 4.98 Å². The van der Waals surface area contributed by atoms with Crippen LogP contribution in [0.25, 0.3) is 11.0 Å². The lowest BCUT2D eigenvalue weighted by Gasteiger charge is -2.13. The average Bonchev–Trinajstić information content (AvgIpc) is 3.00. The molecule has 0 N–H and O–H groups in total. The van der Waals surface area contributed by atoms with E-state index in [0.29, 0.717) is 11.8 Å². The molecule has 102 valence electrons. The Kier molecular flexibility index (Phi) is 3.76. The Morgan fingerprint density at radius 2 is 2.37 bits per heavy atom. The second-order valence-electron chi connectivity index (χ2n) is 5.30. The second-order valence-corrected chi connectivity index (χ2v) is 5.68. The minimum atomic E-state index is 0.604. The van der Waals surface area contributed by atoms with E-state index in [1.54, 1.807) is 0 Å². The van der Waals surface area contributed by atoms with E-state index in [4.69, 9.17) is 21.3 Å². The molecule has 0 bridgehead atoms. The zero-order valence-corrected chi connectivity index (χ0v) is 12.0. The molecule has 0 radical (unpaired) electrons. The number of benzene rings is 1. The predicted molar refractivity (Wildman–Crippen MR) is 77.8 cm³/mol. The first kappa shape index (κ1) is 12.9. The number of halogens is 1. The van der Waals surface area contributed by atoms with Crippen LogP contribution >= 0.6 is 11.6 Å². The normalized spacial score (nSPS) is 19.4. The Bertz CT molecular complexity index is 573. The summed E-state index contributed by atoms with van der Waals surface area (Å²) in [6.45, 7) is 4.87. The van der Waals surface area contributed by atoms with Crippen LogP contribution in [-0.2, 0) is 17.7 Å². The largest absolute Gasteiger partial charge is 0.381 e. The molecule has 19 heavy (non-hydrogen) atoms. The summed E-state index contributed by atoms with van der Waals surface area (Å²) in [5, 5.41) is 0. The Labute approximate surface area is 118 Å². The lowest BCUT2D eigenvalue weighted by atomic mass is 10.1. The first-order chi connectivity index (χ1) is 9.28. The molecule has 2 aromatic rings. The molecule has 1 atom stereocenters. The molecule has 1 aliphatic rings. The molecule has 1 unspecified atom stereocenters. The van der Waals surface area contributed by atoms with Gasteiger partial charge in [-0.05, 0) is 31.0 Å². The van der Waals surface area contributed by atoms with Crippen LogP contribution in [0.4, 0.5) is 0 Å². The van der Waals surface area contributed by atoms with Crippen LogP contribution in [0.3, 0.4) is 0 Å². The third kappa shape index (κ3) is 2.63. The third-order valence-electron chi connectivity index (χ3n) is 3.77. The number of hydrogen-bond acceptors (Lipinski definition) is 2. The number of fused-ring (bicyclic) bond motifs is 1. The highest BCUT2D eigenvalue weighted by Crippen LogP contribution is 2.23. The standard InChI is InChI=1S/C15H19ClN2O/c1-11-2-3-13-14(8-11)18(15(17-13)4-6-16)9-12-5-7-19-10-12/h2-3,8,12H,4-7,9-10H2,1H3. The van der Waals surface area contributed by atoms with E-state index in [1.165, 1.54) is 11.1 Å². The quantitative estimate of drug-likeness (QED) is 0.804. The van der Waals surface area contributed by atoms with Gasteiger partial charge in [-0.15, -0.1) is 11.6 Å². The topological polar surface area (TPSA) is 27.1 Å². The molecule has 0 saturated carbocycles. The molecular weight excluding hydrogens is 260 g/mol. The smallest absolute Gasteiger partial charge is 0.111 e. The number of aromatic nitrogens is 2. The first-order valence-corrected chi connectivity index (χ1v) is 7.41. The van der Waals surface area contributed by atoms with Crippen molar-refractivity contribution in [1.29, 1.82) is 0 Å². The molecule has 0 spiro atoms. The Balaban J connectivity index is 2.01. The van der Waals surface area contributed by atoms with E-state index in [0.717, 1.165) is 43.9 Å². The van der Waals surface area contributed by atoms with Crippen molar-refractivity contribution in [1.82, 2.24) is 9.55 Å². The summed E-state index contributed by atoms with van der Waals surface area (Å²) >= 11 is 5.91. The van der Waals surface area contributed by atoms with Crippen LogP contribution in [0.5, 0.6) is 0 Å². The first-order valence-electron chi connectivity index (χ1n) is 6.87. The number of alkyl halides is 1. The van der Waals surface area contributed by atoms with Gasteiger partial charge in [0.15, 0.2) is 0 Å². The minimum Gasteiger partial charge on any atom is -0.381 e. The number of hydrogen-bond donors (Lipinski definition) is 0. The van der Waals surface area contributed by atoms with Crippen LogP contribution in [0, 0.1) is 12.8 Å². The maximum Gasteiger partial charge on any atom is 0.111 e. The maximum absolute atomic E-state index is 5.91. The molecule has 3 rings (SSSR count). The van der Waals surface area contributed by atoms with E-state index in [9.17, 15) is 0 Å². The summed E-state index contributed by atoms with van der Waals surface area (Å²) in [7, 11) is 0. The number of ether oxygens (including phenoxy) is 1. The predicted octanol–water partition coefficient (Wildman–Crippen LogP) is 3.16. The summed E-state index contributed by atoms with van der Waals surface area (Å²) in [6, 6.07) is 6.43. The van der Waals surface area contributed by atoms with Crippen molar-refractivity contribution in [3.63, 3.8) is 0 Å². The van der Waals surface area contributed by atoms with Gasteiger partial charge in [-0.1, -0.05) is 6.07 Å².